The summed E-state index contributed by atoms with van der Waals surface area (Å²) in [6.45, 7) is 1.31. The number of halogens is 3. The standard InChI is InChI=1S/C17H14F3N3O2/c18-11-3-4-12(15(20)14(11)19)22-16(24)13-9-10(5-6-21-13)17(25)23-7-1-2-8-23/h3-6,9H,1-2,7-8H2,(H,22,24). The van der Waals surface area contributed by atoms with Gasteiger partial charge in [-0.15, -0.1) is 0 Å². The minimum atomic E-state index is -1.68. The summed E-state index contributed by atoms with van der Waals surface area (Å²) in [5.74, 6) is -5.58. The Morgan fingerprint density at radius 2 is 1.76 bits per heavy atom. The van der Waals surface area contributed by atoms with E-state index in [1.54, 1.807) is 4.90 Å². The lowest BCUT2D eigenvalue weighted by Gasteiger charge is -2.15. The van der Waals surface area contributed by atoms with Crippen molar-refractivity contribution in [3.05, 3.63) is 59.2 Å². The molecule has 1 aromatic heterocycles. The second kappa shape index (κ2) is 6.92. The Bertz CT molecular complexity index is 836. The van der Waals surface area contributed by atoms with Gasteiger partial charge in [0.05, 0.1) is 5.69 Å². The van der Waals surface area contributed by atoms with E-state index < -0.39 is 29.0 Å². The third-order valence-corrected chi connectivity index (χ3v) is 3.92. The highest BCUT2D eigenvalue weighted by Crippen LogP contribution is 2.20. The van der Waals surface area contributed by atoms with Crippen LogP contribution in [0.3, 0.4) is 0 Å². The topological polar surface area (TPSA) is 62.3 Å². The molecule has 0 bridgehead atoms. The summed E-state index contributed by atoms with van der Waals surface area (Å²) in [6.07, 6.45) is 3.15. The van der Waals surface area contributed by atoms with Crippen LogP contribution in [-0.2, 0) is 0 Å². The van der Waals surface area contributed by atoms with Crippen LogP contribution in [0.1, 0.15) is 33.7 Å². The van der Waals surface area contributed by atoms with Gasteiger partial charge in [0, 0.05) is 24.8 Å². The Hall–Kier alpha value is -2.90. The van der Waals surface area contributed by atoms with Crippen LogP contribution < -0.4 is 5.32 Å². The second-order valence-electron chi connectivity index (χ2n) is 5.61. The molecule has 0 saturated carbocycles. The largest absolute Gasteiger partial charge is 0.339 e. The Balaban J connectivity index is 1.80. The number of benzene rings is 1. The van der Waals surface area contributed by atoms with E-state index in [1.165, 1.54) is 18.3 Å². The SMILES string of the molecule is O=C(Nc1ccc(F)c(F)c1F)c1cc(C(=O)N2CCCC2)ccn1. The van der Waals surface area contributed by atoms with E-state index in [4.69, 9.17) is 0 Å². The summed E-state index contributed by atoms with van der Waals surface area (Å²) in [5, 5.41) is 2.12. The molecule has 0 unspecified atom stereocenters. The fourth-order valence-electron chi connectivity index (χ4n) is 2.60. The predicted octanol–water partition coefficient (Wildman–Crippen LogP) is 2.99. The van der Waals surface area contributed by atoms with E-state index in [9.17, 15) is 22.8 Å². The lowest BCUT2D eigenvalue weighted by Crippen LogP contribution is -2.28. The molecule has 1 aliphatic heterocycles. The number of pyridine rings is 1. The third-order valence-electron chi connectivity index (χ3n) is 3.92. The maximum absolute atomic E-state index is 13.6. The van der Waals surface area contributed by atoms with Gasteiger partial charge in [0.1, 0.15) is 5.69 Å². The molecule has 5 nitrogen and oxygen atoms in total. The van der Waals surface area contributed by atoms with Crippen LogP contribution >= 0.6 is 0 Å². The number of aromatic nitrogens is 1. The van der Waals surface area contributed by atoms with E-state index in [0.717, 1.165) is 18.9 Å². The fraction of sp³-hybridized carbons (Fsp3) is 0.235. The maximum atomic E-state index is 13.6. The summed E-state index contributed by atoms with van der Waals surface area (Å²) >= 11 is 0. The molecule has 1 N–H and O–H groups in total. The molecule has 1 saturated heterocycles. The van der Waals surface area contributed by atoms with Gasteiger partial charge in [-0.3, -0.25) is 14.6 Å². The molecule has 1 aliphatic rings. The van der Waals surface area contributed by atoms with Gasteiger partial charge < -0.3 is 10.2 Å². The Labute approximate surface area is 141 Å². The number of nitrogens with zero attached hydrogens (tertiary/aromatic N) is 2. The van der Waals surface area contributed by atoms with Crippen LogP contribution in [0.2, 0.25) is 0 Å². The number of nitrogens with one attached hydrogen (secondary N) is 1. The van der Waals surface area contributed by atoms with Crippen molar-refractivity contribution in [3.63, 3.8) is 0 Å². The normalized spacial score (nSPS) is 13.8. The summed E-state index contributed by atoms with van der Waals surface area (Å²) in [4.78, 5) is 30.0. The van der Waals surface area contributed by atoms with Crippen molar-refractivity contribution in [2.24, 2.45) is 0 Å². The molecule has 25 heavy (non-hydrogen) atoms. The first-order chi connectivity index (χ1) is 12.0. The van der Waals surface area contributed by atoms with Gasteiger partial charge in [-0.2, -0.15) is 0 Å². The van der Waals surface area contributed by atoms with Crippen molar-refractivity contribution in [3.8, 4) is 0 Å². The van der Waals surface area contributed by atoms with E-state index in [1.807, 2.05) is 0 Å². The number of carbonyl (C=O) groups is 2. The number of likely N-dealkylation sites (tertiary alicyclic amines) is 1. The molecule has 0 radical (unpaired) electrons. The smallest absolute Gasteiger partial charge is 0.274 e. The number of hydrogen-bond donors (Lipinski definition) is 1. The summed E-state index contributed by atoms with van der Waals surface area (Å²) in [5.41, 5.74) is -0.357. The van der Waals surface area contributed by atoms with E-state index in [2.05, 4.69) is 10.3 Å². The van der Waals surface area contributed by atoms with Crippen molar-refractivity contribution in [1.29, 1.82) is 0 Å². The predicted molar refractivity (Wildman–Crippen MR) is 83.6 cm³/mol. The zero-order valence-electron chi connectivity index (χ0n) is 13.1. The van der Waals surface area contributed by atoms with Crippen LogP contribution in [-0.4, -0.2) is 34.8 Å². The van der Waals surface area contributed by atoms with Crippen molar-refractivity contribution >= 4 is 17.5 Å². The van der Waals surface area contributed by atoms with E-state index in [-0.39, 0.29) is 17.2 Å². The molecule has 3 rings (SSSR count). The highest BCUT2D eigenvalue weighted by molar-refractivity contribution is 6.04. The Morgan fingerprint density at radius 3 is 2.48 bits per heavy atom. The molecule has 1 aromatic carbocycles. The van der Waals surface area contributed by atoms with Crippen LogP contribution in [0, 0.1) is 17.5 Å². The number of anilines is 1. The highest BCUT2D eigenvalue weighted by atomic mass is 19.2. The molecular formula is C17H14F3N3O2. The fourth-order valence-corrected chi connectivity index (χ4v) is 2.60. The van der Waals surface area contributed by atoms with Crippen LogP contribution in [0.4, 0.5) is 18.9 Å². The van der Waals surface area contributed by atoms with Crippen molar-refractivity contribution in [2.75, 3.05) is 18.4 Å². The molecule has 0 spiro atoms. The van der Waals surface area contributed by atoms with Crippen molar-refractivity contribution in [2.45, 2.75) is 12.8 Å². The molecule has 130 valence electrons. The monoisotopic (exact) mass is 349 g/mol. The molecule has 1 fully saturated rings. The van der Waals surface area contributed by atoms with Crippen LogP contribution in [0.15, 0.2) is 30.5 Å². The lowest BCUT2D eigenvalue weighted by molar-refractivity contribution is 0.0792. The van der Waals surface area contributed by atoms with Crippen LogP contribution in [0.25, 0.3) is 0 Å². The molecular weight excluding hydrogens is 335 g/mol. The lowest BCUT2D eigenvalue weighted by atomic mass is 10.2. The second-order valence-corrected chi connectivity index (χ2v) is 5.61. The van der Waals surface area contributed by atoms with Gasteiger partial charge in [-0.1, -0.05) is 0 Å². The number of hydrogen-bond acceptors (Lipinski definition) is 3. The van der Waals surface area contributed by atoms with Gasteiger partial charge >= 0.3 is 0 Å². The maximum Gasteiger partial charge on any atom is 0.274 e. The van der Waals surface area contributed by atoms with Gasteiger partial charge in [-0.05, 0) is 37.1 Å². The molecule has 0 atom stereocenters. The number of rotatable bonds is 3. The van der Waals surface area contributed by atoms with E-state index >= 15 is 0 Å². The first-order valence-electron chi connectivity index (χ1n) is 7.67. The number of carbonyl (C=O) groups excluding carboxylic acids is 2. The first-order valence-corrected chi connectivity index (χ1v) is 7.67. The highest BCUT2D eigenvalue weighted by Gasteiger charge is 2.21. The van der Waals surface area contributed by atoms with Gasteiger partial charge in [0.15, 0.2) is 17.5 Å². The Kier molecular flexibility index (Phi) is 4.69. The average Bonchev–Trinajstić information content (AvgIpc) is 3.16. The molecule has 2 aromatic rings. The van der Waals surface area contributed by atoms with Gasteiger partial charge in [0.2, 0.25) is 0 Å². The van der Waals surface area contributed by atoms with Gasteiger partial charge in [-0.25, -0.2) is 13.2 Å². The minimum absolute atomic E-state index is 0.130. The number of amides is 2. The van der Waals surface area contributed by atoms with Crippen LogP contribution in [0.5, 0.6) is 0 Å². The molecule has 2 heterocycles. The van der Waals surface area contributed by atoms with E-state index in [0.29, 0.717) is 19.2 Å². The third kappa shape index (κ3) is 3.47. The van der Waals surface area contributed by atoms with Crippen molar-refractivity contribution < 1.29 is 22.8 Å². The van der Waals surface area contributed by atoms with Crippen molar-refractivity contribution in [1.82, 2.24) is 9.88 Å². The summed E-state index contributed by atoms with van der Waals surface area (Å²) < 4.78 is 39.8. The summed E-state index contributed by atoms with van der Waals surface area (Å²) in [7, 11) is 0. The molecule has 0 aliphatic carbocycles. The minimum Gasteiger partial charge on any atom is -0.339 e. The first kappa shape index (κ1) is 16.9. The Morgan fingerprint density at radius 1 is 1.04 bits per heavy atom. The molecule has 2 amide bonds. The zero-order valence-corrected chi connectivity index (χ0v) is 13.1. The average molecular weight is 349 g/mol. The molecule has 8 heteroatoms. The zero-order chi connectivity index (χ0) is 18.0. The van der Waals surface area contributed by atoms with Gasteiger partial charge in [0.25, 0.3) is 11.8 Å². The quantitative estimate of drug-likeness (QED) is 0.867. The summed E-state index contributed by atoms with van der Waals surface area (Å²) in [6, 6.07) is 4.38.